The molecule has 0 bridgehead atoms. The molecule has 24 heavy (non-hydrogen) atoms. The van der Waals surface area contributed by atoms with Crippen molar-refractivity contribution < 1.29 is 23.9 Å². The number of esters is 1. The van der Waals surface area contributed by atoms with E-state index < -0.39 is 17.7 Å². The van der Waals surface area contributed by atoms with Gasteiger partial charge in [0, 0.05) is 6.54 Å². The fraction of sp³-hybridized carbons (Fsp3) is 0.471. The summed E-state index contributed by atoms with van der Waals surface area (Å²) in [5.74, 6) is -0.773. The van der Waals surface area contributed by atoms with Crippen LogP contribution < -0.4 is 5.32 Å². The second-order valence-electron chi connectivity index (χ2n) is 6.43. The predicted molar refractivity (Wildman–Crippen MR) is 87.7 cm³/mol. The normalized spacial score (nSPS) is 13.5. The van der Waals surface area contributed by atoms with E-state index in [0.29, 0.717) is 17.8 Å². The van der Waals surface area contributed by atoms with Gasteiger partial charge in [-0.2, -0.15) is 0 Å². The summed E-state index contributed by atoms with van der Waals surface area (Å²) < 4.78 is 10.1. The maximum atomic E-state index is 12.6. The van der Waals surface area contributed by atoms with Crippen molar-refractivity contribution in [3.05, 3.63) is 29.3 Å². The highest BCUT2D eigenvalue weighted by atomic mass is 16.6. The summed E-state index contributed by atoms with van der Waals surface area (Å²) in [5, 5.41) is 2.60. The molecule has 0 spiro atoms. The van der Waals surface area contributed by atoms with Crippen molar-refractivity contribution in [2.75, 3.05) is 18.5 Å². The first-order valence-electron chi connectivity index (χ1n) is 7.78. The van der Waals surface area contributed by atoms with E-state index in [1.54, 1.807) is 45.9 Å². The van der Waals surface area contributed by atoms with Crippen LogP contribution in [-0.4, -0.2) is 41.6 Å². The Kier molecular flexibility index (Phi) is 5.11. The van der Waals surface area contributed by atoms with Crippen LogP contribution in [0, 0.1) is 0 Å². The van der Waals surface area contributed by atoms with E-state index in [2.05, 4.69) is 5.32 Å². The number of anilines is 1. The van der Waals surface area contributed by atoms with Crippen LogP contribution in [0.4, 0.5) is 10.5 Å². The number of ether oxygens (including phenoxy) is 2. The second-order valence-corrected chi connectivity index (χ2v) is 6.43. The number of hydrogen-bond donors (Lipinski definition) is 1. The number of nitrogens with zero attached hydrogens (tertiary/aromatic N) is 1. The number of hydrogen-bond acceptors (Lipinski definition) is 5. The Morgan fingerprint density at radius 2 is 2.00 bits per heavy atom. The van der Waals surface area contributed by atoms with Gasteiger partial charge in [0.1, 0.15) is 12.1 Å². The molecule has 0 radical (unpaired) electrons. The van der Waals surface area contributed by atoms with Gasteiger partial charge in [-0.1, -0.05) is 12.1 Å². The summed E-state index contributed by atoms with van der Waals surface area (Å²) >= 11 is 0. The maximum absolute atomic E-state index is 12.6. The lowest BCUT2D eigenvalue weighted by Crippen LogP contribution is -2.32. The molecule has 1 aliphatic rings. The van der Waals surface area contributed by atoms with Gasteiger partial charge in [0.2, 0.25) is 0 Å². The van der Waals surface area contributed by atoms with Crippen molar-refractivity contribution in [3.8, 4) is 0 Å². The summed E-state index contributed by atoms with van der Waals surface area (Å²) in [4.78, 5) is 37.5. The molecule has 7 nitrogen and oxygen atoms in total. The van der Waals surface area contributed by atoms with Gasteiger partial charge < -0.3 is 14.4 Å². The van der Waals surface area contributed by atoms with Crippen molar-refractivity contribution in [2.45, 2.75) is 39.8 Å². The molecule has 2 rings (SSSR count). The molecule has 2 amide bonds. The monoisotopic (exact) mass is 334 g/mol. The zero-order valence-electron chi connectivity index (χ0n) is 14.3. The van der Waals surface area contributed by atoms with Gasteiger partial charge in [-0.05, 0) is 39.3 Å². The SMILES string of the molecule is CCOC(=O)CN1Cc2cccc(NC(=O)OC(C)(C)C)c2C1=O. The lowest BCUT2D eigenvalue weighted by atomic mass is 10.1. The van der Waals surface area contributed by atoms with E-state index in [4.69, 9.17) is 9.47 Å². The summed E-state index contributed by atoms with van der Waals surface area (Å²) in [6.07, 6.45) is -0.632. The number of nitrogens with one attached hydrogen (secondary N) is 1. The molecule has 0 aliphatic carbocycles. The molecule has 0 unspecified atom stereocenters. The van der Waals surface area contributed by atoms with Crippen molar-refractivity contribution in [1.29, 1.82) is 0 Å². The number of amides is 2. The highest BCUT2D eigenvalue weighted by Gasteiger charge is 2.32. The minimum absolute atomic E-state index is 0.118. The largest absolute Gasteiger partial charge is 0.465 e. The van der Waals surface area contributed by atoms with Crippen LogP contribution in [0.5, 0.6) is 0 Å². The Balaban J connectivity index is 2.15. The lowest BCUT2D eigenvalue weighted by molar-refractivity contribution is -0.143. The average molecular weight is 334 g/mol. The van der Waals surface area contributed by atoms with Gasteiger partial charge in [-0.15, -0.1) is 0 Å². The van der Waals surface area contributed by atoms with Crippen molar-refractivity contribution in [3.63, 3.8) is 0 Å². The molecule has 0 fully saturated rings. The molecular formula is C17H22N2O5. The molecule has 0 aromatic heterocycles. The summed E-state index contributed by atoms with van der Waals surface area (Å²) in [6, 6.07) is 5.17. The van der Waals surface area contributed by atoms with Gasteiger partial charge in [0.05, 0.1) is 17.9 Å². The Hall–Kier alpha value is -2.57. The third-order valence-electron chi connectivity index (χ3n) is 3.27. The van der Waals surface area contributed by atoms with Crippen molar-refractivity contribution >= 4 is 23.7 Å². The Labute approximate surface area is 140 Å². The number of carbonyl (C=O) groups excluding carboxylic acids is 3. The first kappa shape index (κ1) is 17.8. The highest BCUT2D eigenvalue weighted by molar-refractivity contribution is 6.06. The van der Waals surface area contributed by atoms with Crippen molar-refractivity contribution in [1.82, 2.24) is 4.90 Å². The Morgan fingerprint density at radius 1 is 1.29 bits per heavy atom. The van der Waals surface area contributed by atoms with Gasteiger partial charge in [0.25, 0.3) is 5.91 Å². The Bertz CT molecular complexity index is 663. The van der Waals surface area contributed by atoms with Crippen LogP contribution in [0.1, 0.15) is 43.6 Å². The molecule has 0 saturated heterocycles. The molecule has 0 saturated carbocycles. The van der Waals surface area contributed by atoms with E-state index in [1.165, 1.54) is 4.90 Å². The second kappa shape index (κ2) is 6.90. The van der Waals surface area contributed by atoms with Crippen LogP contribution in [-0.2, 0) is 20.8 Å². The number of carbonyl (C=O) groups is 3. The summed E-state index contributed by atoms with van der Waals surface area (Å²) in [6.45, 7) is 7.43. The van der Waals surface area contributed by atoms with E-state index in [0.717, 1.165) is 5.56 Å². The number of fused-ring (bicyclic) bond motifs is 1. The zero-order valence-corrected chi connectivity index (χ0v) is 14.3. The first-order valence-corrected chi connectivity index (χ1v) is 7.78. The average Bonchev–Trinajstić information content (AvgIpc) is 2.74. The van der Waals surface area contributed by atoms with Crippen LogP contribution in [0.3, 0.4) is 0 Å². The van der Waals surface area contributed by atoms with Gasteiger partial charge >= 0.3 is 12.1 Å². The first-order chi connectivity index (χ1) is 11.2. The van der Waals surface area contributed by atoms with E-state index in [9.17, 15) is 14.4 Å². The molecule has 1 heterocycles. The fourth-order valence-corrected chi connectivity index (χ4v) is 2.43. The molecule has 130 valence electrons. The molecule has 1 aromatic rings. The lowest BCUT2D eigenvalue weighted by Gasteiger charge is -2.20. The number of benzene rings is 1. The molecule has 1 aliphatic heterocycles. The van der Waals surface area contributed by atoms with Gasteiger partial charge in [-0.3, -0.25) is 14.9 Å². The van der Waals surface area contributed by atoms with Gasteiger partial charge in [0.15, 0.2) is 0 Å². The standard InChI is InChI=1S/C17H22N2O5/c1-5-23-13(20)10-19-9-11-7-6-8-12(14(11)15(19)21)18-16(22)24-17(2,3)4/h6-8H,5,9-10H2,1-4H3,(H,18,22). The summed E-state index contributed by atoms with van der Waals surface area (Å²) in [5.41, 5.74) is 0.866. The third-order valence-corrected chi connectivity index (χ3v) is 3.27. The minimum Gasteiger partial charge on any atom is -0.465 e. The van der Waals surface area contributed by atoms with E-state index in [1.807, 2.05) is 0 Å². The fourth-order valence-electron chi connectivity index (χ4n) is 2.43. The van der Waals surface area contributed by atoms with Crippen LogP contribution in [0.25, 0.3) is 0 Å². The smallest absolute Gasteiger partial charge is 0.412 e. The summed E-state index contributed by atoms with van der Waals surface area (Å²) in [7, 11) is 0. The highest BCUT2D eigenvalue weighted by Crippen LogP contribution is 2.29. The molecule has 0 atom stereocenters. The quantitative estimate of drug-likeness (QED) is 0.855. The van der Waals surface area contributed by atoms with Crippen LogP contribution >= 0.6 is 0 Å². The minimum atomic E-state index is -0.637. The van der Waals surface area contributed by atoms with Crippen LogP contribution in [0.15, 0.2) is 18.2 Å². The third kappa shape index (κ3) is 4.24. The maximum Gasteiger partial charge on any atom is 0.412 e. The topological polar surface area (TPSA) is 84.9 Å². The van der Waals surface area contributed by atoms with E-state index >= 15 is 0 Å². The zero-order chi connectivity index (χ0) is 17.9. The molecule has 1 aromatic carbocycles. The molecule has 1 N–H and O–H groups in total. The van der Waals surface area contributed by atoms with Crippen LogP contribution in [0.2, 0.25) is 0 Å². The Morgan fingerprint density at radius 3 is 2.62 bits per heavy atom. The van der Waals surface area contributed by atoms with Crippen molar-refractivity contribution in [2.24, 2.45) is 0 Å². The van der Waals surface area contributed by atoms with Gasteiger partial charge in [-0.25, -0.2) is 4.79 Å². The van der Waals surface area contributed by atoms with E-state index in [-0.39, 0.29) is 19.1 Å². The predicted octanol–water partition coefficient (Wildman–Crippen LogP) is 2.55. The molecular weight excluding hydrogens is 312 g/mol. The number of rotatable bonds is 4. The molecule has 7 heteroatoms.